The highest BCUT2D eigenvalue weighted by Crippen LogP contribution is 2.66. The zero-order valence-electron chi connectivity index (χ0n) is 14.7. The summed E-state index contributed by atoms with van der Waals surface area (Å²) in [5.41, 5.74) is 1.66. The number of rotatable bonds is 1. The van der Waals surface area contributed by atoms with E-state index in [1.807, 2.05) is 6.07 Å². The van der Waals surface area contributed by atoms with Gasteiger partial charge in [0.05, 0.1) is 24.7 Å². The number of hydrogen-bond acceptors (Lipinski definition) is 4. The second kappa shape index (κ2) is 5.45. The van der Waals surface area contributed by atoms with Crippen LogP contribution in [0, 0.1) is 22.7 Å². The van der Waals surface area contributed by atoms with Crippen LogP contribution in [0.3, 0.4) is 0 Å². The van der Waals surface area contributed by atoms with Crippen LogP contribution in [0.1, 0.15) is 58.1 Å². The minimum Gasteiger partial charge on any atom is -0.472 e. The first-order valence-corrected chi connectivity index (χ1v) is 9.11. The fourth-order valence-electron chi connectivity index (χ4n) is 5.89. The van der Waals surface area contributed by atoms with E-state index in [0.717, 1.165) is 24.8 Å². The van der Waals surface area contributed by atoms with E-state index in [2.05, 4.69) is 26.8 Å². The molecule has 0 radical (unpaired) electrons. The molecule has 0 bridgehead atoms. The van der Waals surface area contributed by atoms with Gasteiger partial charge in [0.15, 0.2) is 6.29 Å². The lowest BCUT2D eigenvalue weighted by Gasteiger charge is -2.60. The molecule has 1 saturated carbocycles. The number of ether oxygens (including phenoxy) is 1. The molecule has 24 heavy (non-hydrogen) atoms. The Kier molecular flexibility index (Phi) is 3.72. The predicted molar refractivity (Wildman–Crippen MR) is 90.0 cm³/mol. The summed E-state index contributed by atoms with van der Waals surface area (Å²) in [4.78, 5) is 0. The molecule has 1 saturated heterocycles. The molecule has 2 N–H and O–H groups in total. The van der Waals surface area contributed by atoms with Crippen molar-refractivity contribution in [3.63, 3.8) is 0 Å². The van der Waals surface area contributed by atoms with E-state index >= 15 is 0 Å². The van der Waals surface area contributed by atoms with Gasteiger partial charge >= 0.3 is 0 Å². The van der Waals surface area contributed by atoms with Crippen molar-refractivity contribution < 1.29 is 19.4 Å². The Hall–Kier alpha value is -1.10. The summed E-state index contributed by atoms with van der Waals surface area (Å²) in [6.07, 6.45) is 7.84. The van der Waals surface area contributed by atoms with Gasteiger partial charge in [-0.15, -0.1) is 0 Å². The lowest BCUT2D eigenvalue weighted by Crippen LogP contribution is -2.60. The standard InChI is InChI=1S/C20H28O4/c1-12-5-4-6-16-19(12,3)17(21)9-13(2)20(16)10-15(24-18(20)22)14-7-8-23-11-14/h5,7-8,11,13,15-18,21-22H,4,6,9-10H2,1-3H3/t13-,15+,16?,17+,18?,19+,20-/m1/s1. The number of furan rings is 1. The molecule has 1 spiro atoms. The zero-order chi connectivity index (χ0) is 17.1. The van der Waals surface area contributed by atoms with Gasteiger partial charge in [-0.2, -0.15) is 0 Å². The molecule has 2 aliphatic carbocycles. The molecule has 3 aliphatic rings. The summed E-state index contributed by atoms with van der Waals surface area (Å²) >= 11 is 0. The highest BCUT2D eigenvalue weighted by molar-refractivity contribution is 5.26. The molecule has 7 atom stereocenters. The summed E-state index contributed by atoms with van der Waals surface area (Å²) in [5, 5.41) is 21.9. The third-order valence-electron chi connectivity index (χ3n) is 7.52. The SMILES string of the molecule is CC1=CCCC2[C@@]3(C[C@@H](c4ccoc4)OC3O)[C@H](C)C[C@H](O)[C@@]12C. The van der Waals surface area contributed by atoms with Crippen LogP contribution in [0.4, 0.5) is 0 Å². The second-order valence-electron chi connectivity index (χ2n) is 8.30. The van der Waals surface area contributed by atoms with E-state index in [-0.39, 0.29) is 34.9 Å². The third-order valence-corrected chi connectivity index (χ3v) is 7.52. The Balaban J connectivity index is 1.77. The van der Waals surface area contributed by atoms with Gasteiger partial charge in [-0.3, -0.25) is 0 Å². The number of aliphatic hydroxyl groups is 2. The van der Waals surface area contributed by atoms with Crippen LogP contribution >= 0.6 is 0 Å². The van der Waals surface area contributed by atoms with Crippen LogP contribution < -0.4 is 0 Å². The summed E-state index contributed by atoms with van der Waals surface area (Å²) in [6.45, 7) is 6.48. The van der Waals surface area contributed by atoms with Crippen molar-refractivity contribution in [2.75, 3.05) is 0 Å². The largest absolute Gasteiger partial charge is 0.472 e. The van der Waals surface area contributed by atoms with Crippen molar-refractivity contribution in [2.24, 2.45) is 22.7 Å². The first-order chi connectivity index (χ1) is 11.4. The Morgan fingerprint density at radius 1 is 1.29 bits per heavy atom. The number of allylic oxidation sites excluding steroid dienone is 1. The Morgan fingerprint density at radius 2 is 2.08 bits per heavy atom. The fourth-order valence-corrected chi connectivity index (χ4v) is 5.89. The molecule has 1 aromatic heterocycles. The molecule has 0 aromatic carbocycles. The average molecular weight is 332 g/mol. The molecular formula is C20H28O4. The normalized spacial score (nSPS) is 48.4. The molecule has 1 aliphatic heterocycles. The van der Waals surface area contributed by atoms with Gasteiger partial charge < -0.3 is 19.4 Å². The lowest BCUT2D eigenvalue weighted by molar-refractivity contribution is -0.216. The van der Waals surface area contributed by atoms with Crippen molar-refractivity contribution in [1.82, 2.24) is 0 Å². The van der Waals surface area contributed by atoms with Gasteiger partial charge in [0.2, 0.25) is 0 Å². The number of aliphatic hydroxyl groups excluding tert-OH is 2. The van der Waals surface area contributed by atoms with E-state index in [0.29, 0.717) is 6.42 Å². The highest BCUT2D eigenvalue weighted by atomic mass is 16.6. The Bertz CT molecular complexity index is 636. The van der Waals surface area contributed by atoms with E-state index < -0.39 is 6.29 Å². The number of hydrogen-bond donors (Lipinski definition) is 2. The van der Waals surface area contributed by atoms with Gasteiger partial charge in [-0.05, 0) is 50.5 Å². The maximum Gasteiger partial charge on any atom is 0.161 e. The summed E-state index contributed by atoms with van der Waals surface area (Å²) in [7, 11) is 0. The van der Waals surface area contributed by atoms with Crippen LogP contribution in [0.25, 0.3) is 0 Å². The second-order valence-corrected chi connectivity index (χ2v) is 8.30. The topological polar surface area (TPSA) is 62.8 Å². The molecular weight excluding hydrogens is 304 g/mol. The molecule has 2 fully saturated rings. The van der Waals surface area contributed by atoms with Gasteiger partial charge in [-0.25, -0.2) is 0 Å². The summed E-state index contributed by atoms with van der Waals surface area (Å²) in [5.74, 6) is 0.434. The van der Waals surface area contributed by atoms with Crippen molar-refractivity contribution in [2.45, 2.75) is 65.0 Å². The van der Waals surface area contributed by atoms with Crippen LogP contribution in [-0.4, -0.2) is 22.6 Å². The minimum atomic E-state index is -0.796. The fraction of sp³-hybridized carbons (Fsp3) is 0.700. The summed E-state index contributed by atoms with van der Waals surface area (Å²) in [6, 6.07) is 1.92. The van der Waals surface area contributed by atoms with Crippen molar-refractivity contribution >= 4 is 0 Å². The van der Waals surface area contributed by atoms with Gasteiger partial charge in [-0.1, -0.05) is 25.5 Å². The molecule has 2 heterocycles. The van der Waals surface area contributed by atoms with Gasteiger partial charge in [0.1, 0.15) is 0 Å². The molecule has 0 amide bonds. The van der Waals surface area contributed by atoms with Crippen LogP contribution in [0.2, 0.25) is 0 Å². The van der Waals surface area contributed by atoms with Crippen molar-refractivity contribution in [3.8, 4) is 0 Å². The maximum atomic E-state index is 11.0. The first kappa shape index (κ1) is 16.4. The van der Waals surface area contributed by atoms with E-state index in [1.165, 1.54) is 5.57 Å². The summed E-state index contributed by atoms with van der Waals surface area (Å²) < 4.78 is 11.2. The van der Waals surface area contributed by atoms with E-state index in [9.17, 15) is 10.2 Å². The van der Waals surface area contributed by atoms with Crippen molar-refractivity contribution in [1.29, 1.82) is 0 Å². The Labute approximate surface area is 143 Å². The molecule has 1 aromatic rings. The van der Waals surface area contributed by atoms with Crippen LogP contribution in [0.15, 0.2) is 34.7 Å². The zero-order valence-corrected chi connectivity index (χ0v) is 14.7. The molecule has 4 heteroatoms. The van der Waals surface area contributed by atoms with E-state index in [4.69, 9.17) is 9.15 Å². The quantitative estimate of drug-likeness (QED) is 0.768. The van der Waals surface area contributed by atoms with Gasteiger partial charge in [0, 0.05) is 16.4 Å². The molecule has 132 valence electrons. The van der Waals surface area contributed by atoms with Gasteiger partial charge in [0.25, 0.3) is 0 Å². The monoisotopic (exact) mass is 332 g/mol. The van der Waals surface area contributed by atoms with Crippen LogP contribution in [-0.2, 0) is 4.74 Å². The smallest absolute Gasteiger partial charge is 0.161 e. The lowest BCUT2D eigenvalue weighted by atomic mass is 9.45. The van der Waals surface area contributed by atoms with Crippen molar-refractivity contribution in [3.05, 3.63) is 35.8 Å². The molecule has 4 rings (SSSR count). The molecule has 4 nitrogen and oxygen atoms in total. The number of fused-ring (bicyclic) bond motifs is 2. The Morgan fingerprint density at radius 3 is 2.79 bits per heavy atom. The predicted octanol–water partition coefficient (Wildman–Crippen LogP) is 3.81. The van der Waals surface area contributed by atoms with E-state index in [1.54, 1.807) is 12.5 Å². The van der Waals surface area contributed by atoms with Crippen LogP contribution in [0.5, 0.6) is 0 Å². The maximum absolute atomic E-state index is 11.0. The molecule has 2 unspecified atom stereocenters. The minimum absolute atomic E-state index is 0.132. The average Bonchev–Trinajstić information content (AvgIpc) is 3.17. The highest BCUT2D eigenvalue weighted by Gasteiger charge is 2.65. The first-order valence-electron chi connectivity index (χ1n) is 9.11. The third kappa shape index (κ3) is 1.97.